The highest BCUT2D eigenvalue weighted by molar-refractivity contribution is 6.39. The van der Waals surface area contributed by atoms with E-state index in [9.17, 15) is 9.59 Å². The maximum Gasteiger partial charge on any atom is 0.309 e. The van der Waals surface area contributed by atoms with E-state index >= 15 is 0 Å². The largest absolute Gasteiger partial charge is 0.469 e. The number of nitrogens with zero attached hydrogens (tertiary/aromatic N) is 2. The Morgan fingerprint density at radius 1 is 1.03 bits per heavy atom. The molecule has 0 saturated heterocycles. The first-order valence-electron chi connectivity index (χ1n) is 12.1. The van der Waals surface area contributed by atoms with Crippen LogP contribution in [0.1, 0.15) is 42.6 Å². The summed E-state index contributed by atoms with van der Waals surface area (Å²) in [4.78, 5) is 31.9. The van der Waals surface area contributed by atoms with Crippen LogP contribution in [0.5, 0.6) is 0 Å². The number of ketones is 1. The minimum atomic E-state index is -0.651. The summed E-state index contributed by atoms with van der Waals surface area (Å²) in [5, 5.41) is 4.12. The smallest absolute Gasteiger partial charge is 0.309 e. The average molecular weight is 543 g/mol. The van der Waals surface area contributed by atoms with Crippen molar-refractivity contribution in [2.75, 3.05) is 30.9 Å². The van der Waals surface area contributed by atoms with Crippen LogP contribution in [0.2, 0.25) is 10.0 Å². The first-order chi connectivity index (χ1) is 17.6. The summed E-state index contributed by atoms with van der Waals surface area (Å²) in [5.74, 6) is -0.445. The Hall–Kier alpha value is -3.09. The van der Waals surface area contributed by atoms with Crippen molar-refractivity contribution < 1.29 is 14.3 Å². The molecule has 0 aliphatic rings. The first-order valence-corrected chi connectivity index (χ1v) is 12.9. The van der Waals surface area contributed by atoms with Gasteiger partial charge in [-0.15, -0.1) is 0 Å². The second-order valence-corrected chi connectivity index (χ2v) is 10.5. The minimum Gasteiger partial charge on any atom is -0.469 e. The molecule has 0 radical (unpaired) electrons. The lowest BCUT2D eigenvalue weighted by molar-refractivity contribution is -0.145. The standard InChI is InChI=1S/C29H33Cl2N3O3/c1-29(2,15-17-34(3)26-10-5-6-16-32-26)33-22-13-11-20(12-14-22)18-21(28(36)37-4)19-25(35)27-23(30)8-7-9-24(27)31/h5-14,16,21,33H,15,17-19H2,1-4H3/t21-/m1/s1. The number of benzene rings is 2. The molecule has 3 rings (SSSR count). The monoisotopic (exact) mass is 541 g/mol. The van der Waals surface area contributed by atoms with Gasteiger partial charge in [0.2, 0.25) is 0 Å². The Kier molecular flexibility index (Phi) is 9.95. The Balaban J connectivity index is 1.62. The first kappa shape index (κ1) is 28.5. The maximum atomic E-state index is 12.9. The third-order valence-electron chi connectivity index (χ3n) is 6.24. The Morgan fingerprint density at radius 2 is 1.70 bits per heavy atom. The molecule has 1 heterocycles. The summed E-state index contributed by atoms with van der Waals surface area (Å²) >= 11 is 12.4. The molecule has 3 aromatic rings. The van der Waals surface area contributed by atoms with Crippen molar-refractivity contribution in [2.45, 2.75) is 38.6 Å². The normalized spacial score (nSPS) is 12.1. The van der Waals surface area contributed by atoms with Crippen molar-refractivity contribution in [2.24, 2.45) is 5.92 Å². The van der Waals surface area contributed by atoms with Gasteiger partial charge in [-0.1, -0.05) is 47.5 Å². The van der Waals surface area contributed by atoms with Gasteiger partial charge in [0.15, 0.2) is 5.78 Å². The van der Waals surface area contributed by atoms with Crippen LogP contribution in [0.25, 0.3) is 0 Å². The molecule has 196 valence electrons. The lowest BCUT2D eigenvalue weighted by Gasteiger charge is -2.30. The van der Waals surface area contributed by atoms with E-state index in [1.807, 2.05) is 49.5 Å². The Labute approximate surface area is 228 Å². The van der Waals surface area contributed by atoms with E-state index in [1.54, 1.807) is 24.4 Å². The Bertz CT molecular complexity index is 1180. The molecular formula is C29H33Cl2N3O3. The van der Waals surface area contributed by atoms with Gasteiger partial charge >= 0.3 is 5.97 Å². The number of hydrogen-bond donors (Lipinski definition) is 1. The molecule has 1 aromatic heterocycles. The second kappa shape index (κ2) is 12.9. The number of ether oxygens (including phenoxy) is 1. The number of carbonyl (C=O) groups is 2. The van der Waals surface area contributed by atoms with E-state index in [0.717, 1.165) is 30.0 Å². The molecule has 2 aromatic carbocycles. The van der Waals surface area contributed by atoms with Crippen LogP contribution >= 0.6 is 23.2 Å². The van der Waals surface area contributed by atoms with Gasteiger partial charge in [-0.3, -0.25) is 9.59 Å². The lowest BCUT2D eigenvalue weighted by Crippen LogP contribution is -2.35. The third kappa shape index (κ3) is 8.20. The number of nitrogens with one attached hydrogen (secondary N) is 1. The van der Waals surface area contributed by atoms with Crippen LogP contribution in [0, 0.1) is 5.92 Å². The summed E-state index contributed by atoms with van der Waals surface area (Å²) in [6.45, 7) is 5.16. The van der Waals surface area contributed by atoms with E-state index in [2.05, 4.69) is 29.0 Å². The number of pyridine rings is 1. The fourth-order valence-electron chi connectivity index (χ4n) is 4.10. The zero-order valence-corrected chi connectivity index (χ0v) is 23.1. The van der Waals surface area contributed by atoms with Crippen LogP contribution in [0.4, 0.5) is 11.5 Å². The number of esters is 1. The van der Waals surface area contributed by atoms with Gasteiger partial charge in [-0.25, -0.2) is 4.98 Å². The van der Waals surface area contributed by atoms with Crippen molar-refractivity contribution >= 4 is 46.5 Å². The number of rotatable bonds is 12. The summed E-state index contributed by atoms with van der Waals surface area (Å²) < 4.78 is 4.97. The van der Waals surface area contributed by atoms with Gasteiger partial charge in [0.25, 0.3) is 0 Å². The van der Waals surface area contributed by atoms with E-state index < -0.39 is 11.9 Å². The maximum absolute atomic E-state index is 12.9. The number of anilines is 2. The second-order valence-electron chi connectivity index (χ2n) is 9.71. The third-order valence-corrected chi connectivity index (χ3v) is 6.87. The average Bonchev–Trinajstić information content (AvgIpc) is 2.88. The van der Waals surface area contributed by atoms with Gasteiger partial charge in [0.05, 0.1) is 28.6 Å². The molecule has 0 unspecified atom stereocenters. The van der Waals surface area contributed by atoms with Crippen molar-refractivity contribution in [1.82, 2.24) is 4.98 Å². The van der Waals surface area contributed by atoms with E-state index in [1.165, 1.54) is 7.11 Å². The van der Waals surface area contributed by atoms with E-state index in [4.69, 9.17) is 27.9 Å². The van der Waals surface area contributed by atoms with Crippen molar-refractivity contribution in [3.05, 3.63) is 88.0 Å². The molecule has 0 aliphatic heterocycles. The summed E-state index contributed by atoms with van der Waals surface area (Å²) in [6.07, 6.45) is 3.01. The predicted octanol–water partition coefficient (Wildman–Crippen LogP) is 6.71. The van der Waals surface area contributed by atoms with Crippen molar-refractivity contribution in [3.63, 3.8) is 0 Å². The molecule has 0 aliphatic carbocycles. The molecule has 8 heteroatoms. The van der Waals surface area contributed by atoms with Gasteiger partial charge < -0.3 is 15.0 Å². The SMILES string of the molecule is COC(=O)[C@@H](CC(=O)c1c(Cl)cccc1Cl)Cc1ccc(NC(C)(C)CCN(C)c2ccccn2)cc1. The number of carbonyl (C=O) groups excluding carboxylic acids is 2. The number of hydrogen-bond acceptors (Lipinski definition) is 6. The van der Waals surface area contributed by atoms with Crippen molar-refractivity contribution in [1.29, 1.82) is 0 Å². The lowest BCUT2D eigenvalue weighted by atomic mass is 9.92. The zero-order chi connectivity index (χ0) is 27.0. The molecule has 37 heavy (non-hydrogen) atoms. The summed E-state index contributed by atoms with van der Waals surface area (Å²) in [7, 11) is 3.36. The molecule has 0 fully saturated rings. The fraction of sp³-hybridized carbons (Fsp3) is 0.345. The molecule has 0 amide bonds. The van der Waals surface area contributed by atoms with Crippen molar-refractivity contribution in [3.8, 4) is 0 Å². The van der Waals surface area contributed by atoms with Gasteiger partial charge in [-0.05, 0) is 68.7 Å². The predicted molar refractivity (Wildman–Crippen MR) is 151 cm³/mol. The van der Waals surface area contributed by atoms with Gasteiger partial charge in [0.1, 0.15) is 5.82 Å². The van der Waals surface area contributed by atoms with Crippen LogP contribution in [0.15, 0.2) is 66.9 Å². The molecule has 1 N–H and O–H groups in total. The van der Waals surface area contributed by atoms with Crippen LogP contribution < -0.4 is 10.2 Å². The highest BCUT2D eigenvalue weighted by atomic mass is 35.5. The highest BCUT2D eigenvalue weighted by Crippen LogP contribution is 2.28. The van der Waals surface area contributed by atoms with E-state index in [-0.39, 0.29) is 33.4 Å². The molecule has 0 saturated carbocycles. The van der Waals surface area contributed by atoms with Gasteiger partial charge in [0, 0.05) is 37.4 Å². The summed E-state index contributed by atoms with van der Waals surface area (Å²) in [5.41, 5.74) is 1.98. The number of aromatic nitrogens is 1. The number of Topliss-reactive ketones (excluding diaryl/α,β-unsaturated/α-hetero) is 1. The Morgan fingerprint density at radius 3 is 2.30 bits per heavy atom. The molecule has 0 bridgehead atoms. The molecule has 6 nitrogen and oxygen atoms in total. The van der Waals surface area contributed by atoms with Crippen LogP contribution in [0.3, 0.4) is 0 Å². The minimum absolute atomic E-state index is 0.0487. The van der Waals surface area contributed by atoms with Crippen LogP contribution in [-0.4, -0.2) is 43.0 Å². The summed E-state index contributed by atoms with van der Waals surface area (Å²) in [6, 6.07) is 18.7. The quantitative estimate of drug-likeness (QED) is 0.203. The number of halogens is 2. The van der Waals surface area contributed by atoms with Crippen LogP contribution in [-0.2, 0) is 16.0 Å². The molecule has 1 atom stereocenters. The number of methoxy groups -OCH3 is 1. The topological polar surface area (TPSA) is 71.5 Å². The molecule has 0 spiro atoms. The zero-order valence-electron chi connectivity index (χ0n) is 21.6. The van der Waals surface area contributed by atoms with E-state index in [0.29, 0.717) is 6.42 Å². The molecular weight excluding hydrogens is 509 g/mol. The fourth-order valence-corrected chi connectivity index (χ4v) is 4.71. The highest BCUT2D eigenvalue weighted by Gasteiger charge is 2.26. The van der Waals surface area contributed by atoms with Gasteiger partial charge in [-0.2, -0.15) is 0 Å².